The van der Waals surface area contributed by atoms with Crippen molar-refractivity contribution in [3.63, 3.8) is 0 Å². The van der Waals surface area contributed by atoms with Crippen LogP contribution in [-0.4, -0.2) is 80.9 Å². The highest BCUT2D eigenvalue weighted by Crippen LogP contribution is 2.30. The average Bonchev–Trinajstić information content (AvgIpc) is 2.93. The Bertz CT molecular complexity index is 510. The van der Waals surface area contributed by atoms with E-state index >= 15 is 0 Å². The average molecular weight is 404 g/mol. The van der Waals surface area contributed by atoms with Crippen LogP contribution in [0.2, 0.25) is 0 Å². The van der Waals surface area contributed by atoms with Crippen LogP contribution in [0.15, 0.2) is 0 Å². The van der Waals surface area contributed by atoms with Gasteiger partial charge in [0.25, 0.3) is 0 Å². The molecule has 0 radical (unpaired) electrons. The molecule has 1 unspecified atom stereocenters. The van der Waals surface area contributed by atoms with Gasteiger partial charge in [0.1, 0.15) is 0 Å². The molecule has 1 N–H and O–H groups in total. The highest BCUT2D eigenvalue weighted by Gasteiger charge is 2.50. The summed E-state index contributed by atoms with van der Waals surface area (Å²) in [5.74, 6) is -0.223. The van der Waals surface area contributed by atoms with Crippen LogP contribution in [0.4, 0.5) is 0 Å². The van der Waals surface area contributed by atoms with Gasteiger partial charge in [-0.2, -0.15) is 0 Å². The number of amides is 1. The fourth-order valence-electron chi connectivity index (χ4n) is 3.84. The van der Waals surface area contributed by atoms with Crippen LogP contribution < -0.4 is 5.32 Å². The molecular weight excluding hydrogens is 373 g/mol. The minimum absolute atomic E-state index is 0. The topological polar surface area (TPSA) is 69.7 Å². The summed E-state index contributed by atoms with van der Waals surface area (Å²) < 4.78 is 23.4. The van der Waals surface area contributed by atoms with Gasteiger partial charge in [-0.15, -0.1) is 24.8 Å². The molecule has 0 aliphatic carbocycles. The molecule has 2 aliphatic rings. The number of halogens is 2. The van der Waals surface area contributed by atoms with Crippen LogP contribution in [0.3, 0.4) is 0 Å². The summed E-state index contributed by atoms with van der Waals surface area (Å²) >= 11 is 0. The van der Waals surface area contributed by atoms with Crippen molar-refractivity contribution in [2.24, 2.45) is 0 Å². The van der Waals surface area contributed by atoms with E-state index in [0.717, 1.165) is 25.9 Å². The molecule has 6 nitrogen and oxygen atoms in total. The Hall–Kier alpha value is -0.0800. The molecule has 2 rings (SSSR count). The van der Waals surface area contributed by atoms with Gasteiger partial charge in [-0.25, -0.2) is 8.42 Å². The monoisotopic (exact) mass is 403 g/mol. The second-order valence-electron chi connectivity index (χ2n) is 6.63. The summed E-state index contributed by atoms with van der Waals surface area (Å²) in [6.07, 6.45) is 4.19. The lowest BCUT2D eigenvalue weighted by Gasteiger charge is -2.38. The number of likely N-dealkylation sites (tertiary alicyclic amines) is 1. The van der Waals surface area contributed by atoms with Crippen LogP contribution in [0.25, 0.3) is 0 Å². The second kappa shape index (κ2) is 9.57. The molecule has 1 amide bonds. The number of nitrogens with one attached hydrogen (secondary N) is 1. The van der Waals surface area contributed by atoms with Crippen LogP contribution >= 0.6 is 24.8 Å². The quantitative estimate of drug-likeness (QED) is 0.739. The molecule has 0 aromatic rings. The highest BCUT2D eigenvalue weighted by molar-refractivity contribution is 7.92. The third-order valence-electron chi connectivity index (χ3n) is 5.25. The van der Waals surface area contributed by atoms with Crippen LogP contribution in [0.1, 0.15) is 32.6 Å². The van der Waals surface area contributed by atoms with Gasteiger partial charge in [-0.1, -0.05) is 6.92 Å². The maximum absolute atomic E-state index is 12.9. The molecule has 2 heterocycles. The summed E-state index contributed by atoms with van der Waals surface area (Å²) in [5.41, 5.74) is 0. The van der Waals surface area contributed by atoms with Crippen molar-refractivity contribution in [2.45, 2.75) is 43.4 Å². The first-order chi connectivity index (χ1) is 10.3. The fraction of sp³-hybridized carbons (Fsp3) is 0.933. The van der Waals surface area contributed by atoms with E-state index in [2.05, 4.69) is 17.1 Å². The maximum atomic E-state index is 12.9. The molecule has 0 aromatic heterocycles. The summed E-state index contributed by atoms with van der Waals surface area (Å²) in [4.78, 5) is 17.0. The van der Waals surface area contributed by atoms with Crippen LogP contribution in [0.5, 0.6) is 0 Å². The number of rotatable bonds is 5. The smallest absolute Gasteiger partial charge is 0.243 e. The van der Waals surface area contributed by atoms with Gasteiger partial charge < -0.3 is 10.2 Å². The lowest BCUT2D eigenvalue weighted by molar-refractivity contribution is -0.134. The largest absolute Gasteiger partial charge is 0.343 e. The van der Waals surface area contributed by atoms with Crippen molar-refractivity contribution in [1.82, 2.24) is 15.1 Å². The molecule has 2 aliphatic heterocycles. The summed E-state index contributed by atoms with van der Waals surface area (Å²) in [6.45, 7) is 5.97. The SMILES string of the molecule is CCN1CCCC1CN(C)C(=O)C1(S(C)(=O)=O)CCNCC1.Cl.Cl. The van der Waals surface area contributed by atoms with Gasteiger partial charge in [0.05, 0.1) is 0 Å². The molecule has 9 heteroatoms. The molecule has 1 atom stereocenters. The van der Waals surface area contributed by atoms with Gasteiger partial charge in [0.2, 0.25) is 5.91 Å². The van der Waals surface area contributed by atoms with E-state index in [9.17, 15) is 13.2 Å². The van der Waals surface area contributed by atoms with E-state index in [0.29, 0.717) is 38.5 Å². The first kappa shape index (κ1) is 23.9. The summed E-state index contributed by atoms with van der Waals surface area (Å²) in [7, 11) is -1.68. The Labute approximate surface area is 158 Å². The van der Waals surface area contributed by atoms with Crippen molar-refractivity contribution in [3.05, 3.63) is 0 Å². The van der Waals surface area contributed by atoms with Gasteiger partial charge in [0.15, 0.2) is 14.6 Å². The number of carbonyl (C=O) groups is 1. The van der Waals surface area contributed by atoms with Gasteiger partial charge in [-0.05, 0) is 51.9 Å². The Balaban J connectivity index is 0.00000264. The van der Waals surface area contributed by atoms with E-state index < -0.39 is 14.6 Å². The Morgan fingerprint density at radius 3 is 2.38 bits per heavy atom. The van der Waals surface area contributed by atoms with E-state index in [1.54, 1.807) is 11.9 Å². The fourth-order valence-corrected chi connectivity index (χ4v) is 5.26. The number of nitrogens with zero attached hydrogens (tertiary/aromatic N) is 2. The molecule has 0 aromatic carbocycles. The van der Waals surface area contributed by atoms with Crippen molar-refractivity contribution in [1.29, 1.82) is 0 Å². The summed E-state index contributed by atoms with van der Waals surface area (Å²) in [5, 5.41) is 3.15. The standard InChI is InChI=1S/C15H29N3O3S.2ClH/c1-4-18-11-5-6-13(18)12-17(2)14(19)15(22(3,20)21)7-9-16-10-8-15;;/h13,16H,4-12H2,1-3H3;2*1H. The summed E-state index contributed by atoms with van der Waals surface area (Å²) in [6, 6.07) is 0.359. The molecule has 144 valence electrons. The first-order valence-electron chi connectivity index (χ1n) is 8.22. The molecule has 0 bridgehead atoms. The molecule has 24 heavy (non-hydrogen) atoms. The van der Waals surface area contributed by atoms with Crippen molar-refractivity contribution in [2.75, 3.05) is 46.0 Å². The van der Waals surface area contributed by atoms with Crippen LogP contribution in [-0.2, 0) is 14.6 Å². The van der Waals surface area contributed by atoms with Crippen molar-refractivity contribution < 1.29 is 13.2 Å². The maximum Gasteiger partial charge on any atom is 0.243 e. The molecule has 2 fully saturated rings. The normalized spacial score (nSPS) is 23.9. The third kappa shape index (κ3) is 4.75. The second-order valence-corrected chi connectivity index (χ2v) is 8.95. The zero-order valence-electron chi connectivity index (χ0n) is 14.8. The molecule has 2 saturated heterocycles. The van der Waals surface area contributed by atoms with E-state index in [4.69, 9.17) is 0 Å². The van der Waals surface area contributed by atoms with Crippen molar-refractivity contribution >= 4 is 40.6 Å². The zero-order valence-corrected chi connectivity index (χ0v) is 17.2. The lowest BCUT2D eigenvalue weighted by atomic mass is 9.95. The number of piperidine rings is 1. The predicted octanol–water partition coefficient (Wildman–Crippen LogP) is 0.940. The Morgan fingerprint density at radius 1 is 1.29 bits per heavy atom. The van der Waals surface area contributed by atoms with Crippen LogP contribution in [0, 0.1) is 0 Å². The minimum atomic E-state index is -3.43. The van der Waals surface area contributed by atoms with Gasteiger partial charge in [0, 0.05) is 25.9 Å². The van der Waals surface area contributed by atoms with E-state index in [1.807, 2.05) is 0 Å². The predicted molar refractivity (Wildman–Crippen MR) is 102 cm³/mol. The zero-order chi connectivity index (χ0) is 16.4. The first-order valence-corrected chi connectivity index (χ1v) is 10.1. The molecule has 0 saturated carbocycles. The third-order valence-corrected chi connectivity index (χ3v) is 7.25. The molecular formula is C15H31Cl2N3O3S. The van der Waals surface area contributed by atoms with Crippen molar-refractivity contribution in [3.8, 4) is 0 Å². The Morgan fingerprint density at radius 2 is 1.88 bits per heavy atom. The van der Waals surface area contributed by atoms with Gasteiger partial charge >= 0.3 is 0 Å². The van der Waals surface area contributed by atoms with Gasteiger partial charge in [-0.3, -0.25) is 9.69 Å². The number of hydrogen-bond donors (Lipinski definition) is 1. The number of hydrogen-bond acceptors (Lipinski definition) is 5. The number of sulfone groups is 1. The Kier molecular flexibility index (Phi) is 9.54. The minimum Gasteiger partial charge on any atom is -0.343 e. The molecule has 0 spiro atoms. The van der Waals surface area contributed by atoms with E-state index in [1.165, 1.54) is 6.26 Å². The van der Waals surface area contributed by atoms with E-state index in [-0.39, 0.29) is 30.7 Å². The number of likely N-dealkylation sites (N-methyl/N-ethyl adjacent to an activating group) is 2. The number of carbonyl (C=O) groups excluding carboxylic acids is 1. The highest BCUT2D eigenvalue weighted by atomic mass is 35.5. The lowest BCUT2D eigenvalue weighted by Crippen LogP contribution is -2.58.